The molecule has 2 aromatic rings. The van der Waals surface area contributed by atoms with Crippen LogP contribution in [0.4, 0.5) is 5.69 Å². The molecule has 2 aliphatic heterocycles. The zero-order valence-corrected chi connectivity index (χ0v) is 15.0. The molecule has 0 atom stereocenters. The molecule has 1 N–H and O–H groups in total. The molecule has 0 aromatic heterocycles. The number of hydrogen-bond donors (Lipinski definition) is 1. The Labute approximate surface area is 157 Å². The van der Waals surface area contributed by atoms with Gasteiger partial charge in [-0.3, -0.25) is 19.3 Å². The number of nitrogens with one attached hydrogen (secondary N) is 1. The number of benzene rings is 2. The average molecular weight is 364 g/mol. The Hall–Kier alpha value is -2.99. The van der Waals surface area contributed by atoms with Gasteiger partial charge in [0.05, 0.1) is 16.5 Å². The quantitative estimate of drug-likeness (QED) is 0.850. The van der Waals surface area contributed by atoms with Crippen LogP contribution in [0.15, 0.2) is 48.5 Å². The molecular weight excluding hydrogens is 344 g/mol. The van der Waals surface area contributed by atoms with E-state index in [0.717, 1.165) is 10.5 Å². The van der Waals surface area contributed by atoms with Gasteiger partial charge >= 0.3 is 0 Å². The monoisotopic (exact) mass is 364 g/mol. The van der Waals surface area contributed by atoms with E-state index in [9.17, 15) is 14.4 Å². The number of carbonyl (C=O) groups is 3. The highest BCUT2D eigenvalue weighted by Gasteiger charge is 2.42. The molecule has 0 bridgehead atoms. The van der Waals surface area contributed by atoms with Gasteiger partial charge in [0.15, 0.2) is 0 Å². The first-order valence-corrected chi connectivity index (χ1v) is 8.94. The minimum atomic E-state index is -0.671. The molecule has 27 heavy (non-hydrogen) atoms. The molecule has 4 rings (SSSR count). The third-order valence-corrected chi connectivity index (χ3v) is 5.45. The number of ether oxygens (including phenoxy) is 1. The van der Waals surface area contributed by atoms with Crippen LogP contribution in [0.3, 0.4) is 0 Å². The second kappa shape index (κ2) is 6.63. The molecule has 0 aliphatic carbocycles. The lowest BCUT2D eigenvalue weighted by molar-refractivity contribution is -0.125. The van der Waals surface area contributed by atoms with Crippen molar-refractivity contribution in [1.82, 2.24) is 4.90 Å². The van der Waals surface area contributed by atoms with E-state index in [0.29, 0.717) is 42.9 Å². The minimum Gasteiger partial charge on any atom is -0.381 e. The van der Waals surface area contributed by atoms with Crippen molar-refractivity contribution in [2.45, 2.75) is 18.3 Å². The van der Waals surface area contributed by atoms with Gasteiger partial charge in [0.1, 0.15) is 0 Å². The highest BCUT2D eigenvalue weighted by molar-refractivity contribution is 6.21. The zero-order valence-electron chi connectivity index (χ0n) is 15.0. The number of anilines is 1. The van der Waals surface area contributed by atoms with Crippen LogP contribution in [0.1, 0.15) is 39.1 Å². The van der Waals surface area contributed by atoms with Crippen molar-refractivity contribution in [3.63, 3.8) is 0 Å². The summed E-state index contributed by atoms with van der Waals surface area (Å²) in [4.78, 5) is 38.6. The van der Waals surface area contributed by atoms with E-state index in [-0.39, 0.29) is 17.7 Å². The highest BCUT2D eigenvalue weighted by Crippen LogP contribution is 2.36. The smallest absolute Gasteiger partial charge is 0.261 e. The fraction of sp³-hybridized carbons (Fsp3) is 0.286. The molecule has 1 fully saturated rings. The summed E-state index contributed by atoms with van der Waals surface area (Å²) in [5.41, 5.74) is 1.48. The Morgan fingerprint density at radius 1 is 1.00 bits per heavy atom. The van der Waals surface area contributed by atoms with E-state index in [1.165, 1.54) is 7.05 Å². The molecule has 2 aliphatic rings. The fourth-order valence-corrected chi connectivity index (χ4v) is 3.81. The number of fused-ring (bicyclic) bond motifs is 1. The van der Waals surface area contributed by atoms with Crippen molar-refractivity contribution < 1.29 is 19.1 Å². The van der Waals surface area contributed by atoms with E-state index in [4.69, 9.17) is 4.74 Å². The van der Waals surface area contributed by atoms with Gasteiger partial charge in [-0.05, 0) is 36.6 Å². The van der Waals surface area contributed by atoms with Crippen LogP contribution in [0.2, 0.25) is 0 Å². The predicted molar refractivity (Wildman–Crippen MR) is 99.7 cm³/mol. The first-order chi connectivity index (χ1) is 13.0. The van der Waals surface area contributed by atoms with Crippen molar-refractivity contribution in [1.29, 1.82) is 0 Å². The van der Waals surface area contributed by atoms with Gasteiger partial charge in [-0.2, -0.15) is 0 Å². The molecule has 1 saturated heterocycles. The minimum absolute atomic E-state index is 0.123. The summed E-state index contributed by atoms with van der Waals surface area (Å²) < 4.78 is 5.48. The molecule has 0 radical (unpaired) electrons. The Morgan fingerprint density at radius 3 is 2.37 bits per heavy atom. The van der Waals surface area contributed by atoms with Crippen molar-refractivity contribution in [2.24, 2.45) is 0 Å². The Morgan fingerprint density at radius 2 is 1.67 bits per heavy atom. The maximum atomic E-state index is 13.3. The average Bonchev–Trinajstić information content (AvgIpc) is 2.93. The van der Waals surface area contributed by atoms with Gasteiger partial charge in [0.2, 0.25) is 5.91 Å². The molecule has 0 unspecified atom stereocenters. The van der Waals surface area contributed by atoms with Gasteiger partial charge in [0, 0.05) is 25.9 Å². The van der Waals surface area contributed by atoms with Gasteiger partial charge in [-0.25, -0.2) is 0 Å². The third-order valence-electron chi connectivity index (χ3n) is 5.45. The summed E-state index contributed by atoms with van der Waals surface area (Å²) in [5, 5.41) is 2.95. The number of hydrogen-bond acceptors (Lipinski definition) is 4. The maximum absolute atomic E-state index is 13.3. The summed E-state index contributed by atoms with van der Waals surface area (Å²) in [6.07, 6.45) is 1.18. The van der Waals surface area contributed by atoms with E-state index in [1.54, 1.807) is 18.2 Å². The predicted octanol–water partition coefficient (Wildman–Crippen LogP) is 2.60. The van der Waals surface area contributed by atoms with Crippen molar-refractivity contribution in [2.75, 3.05) is 25.6 Å². The second-order valence-corrected chi connectivity index (χ2v) is 6.94. The van der Waals surface area contributed by atoms with E-state index < -0.39 is 5.41 Å². The number of imide groups is 1. The Balaban J connectivity index is 1.65. The fourth-order valence-electron chi connectivity index (χ4n) is 3.81. The maximum Gasteiger partial charge on any atom is 0.261 e. The number of amides is 3. The topological polar surface area (TPSA) is 75.7 Å². The van der Waals surface area contributed by atoms with Crippen LogP contribution in [0.25, 0.3) is 0 Å². The molecule has 3 amide bonds. The van der Waals surface area contributed by atoms with E-state index in [1.807, 2.05) is 30.3 Å². The second-order valence-electron chi connectivity index (χ2n) is 6.94. The van der Waals surface area contributed by atoms with Crippen molar-refractivity contribution in [3.8, 4) is 0 Å². The number of carbonyl (C=O) groups excluding carboxylic acids is 3. The lowest BCUT2D eigenvalue weighted by atomic mass is 9.73. The van der Waals surface area contributed by atoms with E-state index in [2.05, 4.69) is 5.32 Å². The normalized spacial score (nSPS) is 18.3. The lowest BCUT2D eigenvalue weighted by Gasteiger charge is -2.36. The van der Waals surface area contributed by atoms with Crippen molar-refractivity contribution >= 4 is 23.4 Å². The largest absolute Gasteiger partial charge is 0.381 e. The van der Waals surface area contributed by atoms with Crippen molar-refractivity contribution in [3.05, 3.63) is 65.2 Å². The first-order valence-electron chi connectivity index (χ1n) is 8.94. The number of nitrogens with zero attached hydrogens (tertiary/aromatic N) is 1. The van der Waals surface area contributed by atoms with Crippen LogP contribution in [0.5, 0.6) is 0 Å². The molecule has 138 valence electrons. The van der Waals surface area contributed by atoms with Crippen LogP contribution in [0, 0.1) is 0 Å². The van der Waals surface area contributed by atoms with Gasteiger partial charge in [0.25, 0.3) is 11.8 Å². The van der Waals surface area contributed by atoms with Gasteiger partial charge < -0.3 is 10.1 Å². The summed E-state index contributed by atoms with van der Waals surface area (Å²) in [7, 11) is 1.45. The zero-order chi connectivity index (χ0) is 19.0. The highest BCUT2D eigenvalue weighted by atomic mass is 16.5. The van der Waals surface area contributed by atoms with Crippen LogP contribution < -0.4 is 5.32 Å². The molecule has 2 heterocycles. The summed E-state index contributed by atoms with van der Waals surface area (Å²) in [6.45, 7) is 1.04. The molecule has 2 aromatic carbocycles. The lowest BCUT2D eigenvalue weighted by Crippen LogP contribution is -2.44. The molecule has 0 saturated carbocycles. The summed E-state index contributed by atoms with van der Waals surface area (Å²) >= 11 is 0. The molecule has 6 heteroatoms. The van der Waals surface area contributed by atoms with Gasteiger partial charge in [-0.1, -0.05) is 30.3 Å². The van der Waals surface area contributed by atoms with Crippen LogP contribution in [-0.2, 0) is 14.9 Å². The number of rotatable bonds is 3. The Bertz CT molecular complexity index is 917. The van der Waals surface area contributed by atoms with Gasteiger partial charge in [-0.15, -0.1) is 0 Å². The first kappa shape index (κ1) is 17.4. The van der Waals surface area contributed by atoms with Crippen LogP contribution >= 0.6 is 0 Å². The third kappa shape index (κ3) is 2.82. The summed E-state index contributed by atoms with van der Waals surface area (Å²) in [6, 6.07) is 14.5. The SMILES string of the molecule is CN1C(=O)c2ccc(NC(=O)C3(c4ccccc4)CCOCC3)cc2C1=O. The van der Waals surface area contributed by atoms with E-state index >= 15 is 0 Å². The summed E-state index contributed by atoms with van der Waals surface area (Å²) in [5.74, 6) is -0.796. The molecular formula is C21H20N2O4. The molecule has 6 nitrogen and oxygen atoms in total. The Kier molecular flexibility index (Phi) is 4.28. The molecule has 0 spiro atoms. The van der Waals surface area contributed by atoms with Crippen LogP contribution in [-0.4, -0.2) is 42.9 Å². The standard InChI is InChI=1S/C21H20N2O4/c1-23-18(24)16-8-7-15(13-17(16)19(23)25)22-20(26)21(9-11-27-12-10-21)14-5-3-2-4-6-14/h2-8,13H,9-12H2,1H3,(H,22,26).